The average Bonchev–Trinajstić information content (AvgIpc) is 2.94. The van der Waals surface area contributed by atoms with Gasteiger partial charge in [0.2, 0.25) is 0 Å². The van der Waals surface area contributed by atoms with E-state index < -0.39 is 0 Å². The predicted molar refractivity (Wildman–Crippen MR) is 77.1 cm³/mol. The molecule has 5 heteroatoms. The van der Waals surface area contributed by atoms with E-state index >= 15 is 0 Å². The quantitative estimate of drug-likeness (QED) is 0.798. The fraction of sp³-hybridized carbons (Fsp3) is 0.231. The summed E-state index contributed by atoms with van der Waals surface area (Å²) in [6, 6.07) is 8.19. The maximum absolute atomic E-state index is 6.23. The van der Waals surface area contributed by atoms with E-state index in [0.717, 1.165) is 27.5 Å². The summed E-state index contributed by atoms with van der Waals surface area (Å²) in [7, 11) is 0. The third kappa shape index (κ3) is 2.16. The van der Waals surface area contributed by atoms with Gasteiger partial charge in [-0.2, -0.15) is 0 Å². The first kappa shape index (κ1) is 11.8. The van der Waals surface area contributed by atoms with Crippen molar-refractivity contribution in [2.45, 2.75) is 19.4 Å². The molecular weight excluding hydrogens is 262 g/mol. The van der Waals surface area contributed by atoms with Crippen LogP contribution in [0, 0.1) is 6.92 Å². The van der Waals surface area contributed by atoms with Gasteiger partial charge in [-0.25, -0.2) is 9.97 Å². The third-order valence-corrected chi connectivity index (χ3v) is 4.97. The largest absolute Gasteiger partial charge is 0.323 e. The minimum Gasteiger partial charge on any atom is -0.323 e. The zero-order valence-corrected chi connectivity index (χ0v) is 11.6. The smallest absolute Gasteiger partial charge is 0.0957 e. The first-order chi connectivity index (χ1) is 8.74. The Kier molecular flexibility index (Phi) is 3.11. The van der Waals surface area contributed by atoms with Crippen LogP contribution in [-0.2, 0) is 6.42 Å². The Hall–Kier alpha value is -1.30. The molecule has 3 nitrogen and oxygen atoms in total. The number of nitrogens with zero attached hydrogens (tertiary/aromatic N) is 2. The lowest BCUT2D eigenvalue weighted by Gasteiger charge is -2.07. The molecule has 0 aliphatic rings. The molecule has 0 saturated heterocycles. The van der Waals surface area contributed by atoms with Crippen LogP contribution >= 0.6 is 22.7 Å². The van der Waals surface area contributed by atoms with Crippen LogP contribution in [0.3, 0.4) is 0 Å². The van der Waals surface area contributed by atoms with E-state index in [1.54, 1.807) is 22.7 Å². The summed E-state index contributed by atoms with van der Waals surface area (Å²) >= 11 is 3.35. The topological polar surface area (TPSA) is 51.8 Å². The van der Waals surface area contributed by atoms with Crippen LogP contribution < -0.4 is 5.73 Å². The molecule has 18 heavy (non-hydrogen) atoms. The van der Waals surface area contributed by atoms with Gasteiger partial charge in [0.25, 0.3) is 0 Å². The molecule has 1 atom stereocenters. The van der Waals surface area contributed by atoms with Gasteiger partial charge in [-0.1, -0.05) is 12.1 Å². The molecule has 2 heterocycles. The van der Waals surface area contributed by atoms with Crippen LogP contribution in [-0.4, -0.2) is 9.97 Å². The zero-order chi connectivity index (χ0) is 12.5. The molecule has 0 saturated carbocycles. The summed E-state index contributed by atoms with van der Waals surface area (Å²) < 4.78 is 1.22. The summed E-state index contributed by atoms with van der Waals surface area (Å²) in [5.74, 6) is 0. The zero-order valence-electron chi connectivity index (χ0n) is 9.96. The van der Waals surface area contributed by atoms with Crippen molar-refractivity contribution in [3.05, 3.63) is 45.4 Å². The first-order valence-corrected chi connectivity index (χ1v) is 7.43. The molecular formula is C13H13N3S2. The van der Waals surface area contributed by atoms with Gasteiger partial charge in [-0.15, -0.1) is 22.7 Å². The molecule has 3 aromatic rings. The standard InChI is InChI=1S/C13H13N3S2/c1-8-13(17-7-15-8)9(14)6-12-16-10-4-2-3-5-11(10)18-12/h2-5,7,9H,6,14H2,1H3. The normalized spacial score (nSPS) is 13.0. The minimum absolute atomic E-state index is 0.00179. The maximum Gasteiger partial charge on any atom is 0.0957 e. The minimum atomic E-state index is -0.00179. The second kappa shape index (κ2) is 4.76. The van der Waals surface area contributed by atoms with Gasteiger partial charge < -0.3 is 5.73 Å². The summed E-state index contributed by atoms with van der Waals surface area (Å²) in [6.07, 6.45) is 0.780. The van der Waals surface area contributed by atoms with Crippen molar-refractivity contribution >= 4 is 32.9 Å². The molecule has 0 aliphatic heterocycles. The summed E-state index contributed by atoms with van der Waals surface area (Å²) in [5.41, 5.74) is 10.2. The lowest BCUT2D eigenvalue weighted by Crippen LogP contribution is -2.12. The van der Waals surface area contributed by atoms with Crippen molar-refractivity contribution in [3.8, 4) is 0 Å². The Bertz CT molecular complexity index is 638. The highest BCUT2D eigenvalue weighted by Crippen LogP contribution is 2.27. The molecule has 3 rings (SSSR count). The van der Waals surface area contributed by atoms with Gasteiger partial charge in [-0.05, 0) is 19.1 Å². The van der Waals surface area contributed by atoms with Gasteiger partial charge in [0.05, 0.1) is 26.4 Å². The Morgan fingerprint density at radius 3 is 2.89 bits per heavy atom. The monoisotopic (exact) mass is 275 g/mol. The summed E-state index contributed by atoms with van der Waals surface area (Å²) in [4.78, 5) is 10.0. The molecule has 0 spiro atoms. The number of para-hydroxylation sites is 1. The molecule has 2 N–H and O–H groups in total. The molecule has 0 aliphatic carbocycles. The van der Waals surface area contributed by atoms with Gasteiger partial charge >= 0.3 is 0 Å². The average molecular weight is 275 g/mol. The molecule has 1 unspecified atom stereocenters. The molecule has 1 aromatic carbocycles. The van der Waals surface area contributed by atoms with Crippen molar-refractivity contribution in [1.29, 1.82) is 0 Å². The summed E-state index contributed by atoms with van der Waals surface area (Å²) in [6.45, 7) is 2.00. The Balaban J connectivity index is 1.86. The van der Waals surface area contributed by atoms with E-state index in [2.05, 4.69) is 16.0 Å². The number of nitrogens with two attached hydrogens (primary N) is 1. The highest BCUT2D eigenvalue weighted by Gasteiger charge is 2.14. The summed E-state index contributed by atoms with van der Waals surface area (Å²) in [5, 5.41) is 1.09. The predicted octanol–water partition coefficient (Wildman–Crippen LogP) is 3.30. The number of fused-ring (bicyclic) bond motifs is 1. The van der Waals surface area contributed by atoms with E-state index in [1.165, 1.54) is 4.70 Å². The second-order valence-corrected chi connectivity index (χ2v) is 6.19. The number of thiazole rings is 2. The Labute approximate surface area is 113 Å². The fourth-order valence-corrected chi connectivity index (χ4v) is 3.79. The lowest BCUT2D eigenvalue weighted by molar-refractivity contribution is 0.726. The van der Waals surface area contributed by atoms with Gasteiger partial charge in [0, 0.05) is 17.3 Å². The van der Waals surface area contributed by atoms with Crippen molar-refractivity contribution in [3.63, 3.8) is 0 Å². The highest BCUT2D eigenvalue weighted by molar-refractivity contribution is 7.18. The van der Waals surface area contributed by atoms with Gasteiger partial charge in [0.1, 0.15) is 0 Å². The van der Waals surface area contributed by atoms with Crippen LogP contribution in [0.15, 0.2) is 29.8 Å². The number of hydrogen-bond acceptors (Lipinski definition) is 5. The van der Waals surface area contributed by atoms with E-state index in [1.807, 2.05) is 30.6 Å². The molecule has 0 fully saturated rings. The van der Waals surface area contributed by atoms with Crippen LogP contribution in [0.5, 0.6) is 0 Å². The lowest BCUT2D eigenvalue weighted by atomic mass is 10.1. The SMILES string of the molecule is Cc1ncsc1C(N)Cc1nc2ccccc2s1. The fourth-order valence-electron chi connectivity index (χ4n) is 1.95. The van der Waals surface area contributed by atoms with Crippen molar-refractivity contribution in [2.75, 3.05) is 0 Å². The second-order valence-electron chi connectivity index (χ2n) is 4.19. The van der Waals surface area contributed by atoms with Crippen LogP contribution in [0.2, 0.25) is 0 Å². The molecule has 0 radical (unpaired) electrons. The Morgan fingerprint density at radius 2 is 2.17 bits per heavy atom. The van der Waals surface area contributed by atoms with Gasteiger partial charge in [-0.3, -0.25) is 0 Å². The van der Waals surface area contributed by atoms with Gasteiger partial charge in [0.15, 0.2) is 0 Å². The maximum atomic E-state index is 6.23. The van der Waals surface area contributed by atoms with Crippen molar-refractivity contribution < 1.29 is 0 Å². The number of hydrogen-bond donors (Lipinski definition) is 1. The van der Waals surface area contributed by atoms with Crippen LogP contribution in [0.25, 0.3) is 10.2 Å². The van der Waals surface area contributed by atoms with E-state index in [4.69, 9.17) is 5.73 Å². The van der Waals surface area contributed by atoms with Crippen molar-refractivity contribution in [1.82, 2.24) is 9.97 Å². The van der Waals surface area contributed by atoms with E-state index in [0.29, 0.717) is 0 Å². The number of aromatic nitrogens is 2. The first-order valence-electron chi connectivity index (χ1n) is 5.74. The van der Waals surface area contributed by atoms with E-state index in [-0.39, 0.29) is 6.04 Å². The highest BCUT2D eigenvalue weighted by atomic mass is 32.1. The van der Waals surface area contributed by atoms with Crippen LogP contribution in [0.4, 0.5) is 0 Å². The molecule has 0 amide bonds. The number of benzene rings is 1. The third-order valence-electron chi connectivity index (χ3n) is 2.85. The molecule has 2 aromatic heterocycles. The number of aryl methyl sites for hydroxylation is 1. The molecule has 92 valence electrons. The van der Waals surface area contributed by atoms with Crippen LogP contribution in [0.1, 0.15) is 21.6 Å². The number of rotatable bonds is 3. The van der Waals surface area contributed by atoms with E-state index in [9.17, 15) is 0 Å². The van der Waals surface area contributed by atoms with Crippen molar-refractivity contribution in [2.24, 2.45) is 5.73 Å². The Morgan fingerprint density at radius 1 is 1.33 bits per heavy atom. The molecule has 0 bridgehead atoms.